The second kappa shape index (κ2) is 6.35. The van der Waals surface area contributed by atoms with Crippen LogP contribution in [0.3, 0.4) is 0 Å². The van der Waals surface area contributed by atoms with Gasteiger partial charge in [-0.3, -0.25) is 14.6 Å². The lowest BCUT2D eigenvalue weighted by Gasteiger charge is -2.20. The molecule has 3 rings (SSSR count). The largest absolute Gasteiger partial charge is 0.347 e. The van der Waals surface area contributed by atoms with Gasteiger partial charge in [-0.15, -0.1) is 0 Å². The van der Waals surface area contributed by atoms with Gasteiger partial charge in [0.2, 0.25) is 0 Å². The molecule has 0 aromatic heterocycles. The Hall–Kier alpha value is -2.22. The van der Waals surface area contributed by atoms with Crippen LogP contribution in [0, 0.1) is 0 Å². The first-order valence-corrected chi connectivity index (χ1v) is 9.61. The second-order valence-corrected chi connectivity index (χ2v) is 8.36. The quantitative estimate of drug-likeness (QED) is 0.855. The Labute approximate surface area is 140 Å². The molecule has 0 bridgehead atoms. The second-order valence-electron chi connectivity index (χ2n) is 6.13. The molecule has 1 fully saturated rings. The number of ketones is 1. The van der Waals surface area contributed by atoms with Gasteiger partial charge in [0.1, 0.15) is 11.8 Å². The van der Waals surface area contributed by atoms with Gasteiger partial charge in [0.25, 0.3) is 5.91 Å². The van der Waals surface area contributed by atoms with Crippen LogP contribution in [0.1, 0.15) is 19.8 Å². The summed E-state index contributed by atoms with van der Waals surface area (Å²) in [6.45, 7) is 1.47. The molecular formula is C16H19N3O4S. The molecule has 0 spiro atoms. The molecule has 2 atom stereocenters. The molecule has 2 aliphatic heterocycles. The van der Waals surface area contributed by atoms with Crippen molar-refractivity contribution in [1.82, 2.24) is 5.32 Å². The van der Waals surface area contributed by atoms with Gasteiger partial charge < -0.3 is 5.32 Å². The molecule has 1 amide bonds. The molecule has 1 N–H and O–H groups in total. The summed E-state index contributed by atoms with van der Waals surface area (Å²) in [5.41, 5.74) is 0.993. The van der Waals surface area contributed by atoms with E-state index in [-0.39, 0.29) is 35.5 Å². The third-order valence-corrected chi connectivity index (χ3v) is 6.00. The molecular weight excluding hydrogens is 330 g/mol. The number of para-hydroxylation sites is 1. The van der Waals surface area contributed by atoms with E-state index in [1.54, 1.807) is 5.01 Å². The SMILES string of the molecule is CC(=O)[C@H]1CC(C(=O)N[C@H]2CCS(=O)(=O)C2)=NN1c1ccccc1. The number of nitrogens with one attached hydrogen (secondary N) is 1. The molecule has 2 aliphatic rings. The summed E-state index contributed by atoms with van der Waals surface area (Å²) in [6.07, 6.45) is 0.634. The van der Waals surface area contributed by atoms with Crippen molar-refractivity contribution in [3.8, 4) is 0 Å². The molecule has 0 unspecified atom stereocenters. The summed E-state index contributed by atoms with van der Waals surface area (Å²) in [5.74, 6) is -0.420. The molecule has 1 saturated heterocycles. The van der Waals surface area contributed by atoms with E-state index in [0.29, 0.717) is 6.42 Å². The Kier molecular flexibility index (Phi) is 4.40. The van der Waals surface area contributed by atoms with Gasteiger partial charge in [0.05, 0.1) is 17.2 Å². The maximum Gasteiger partial charge on any atom is 0.267 e. The van der Waals surface area contributed by atoms with Crippen LogP contribution in [0.15, 0.2) is 35.4 Å². The molecule has 1 aromatic rings. The van der Waals surface area contributed by atoms with Gasteiger partial charge in [-0.05, 0) is 25.5 Å². The molecule has 7 nitrogen and oxygen atoms in total. The highest BCUT2D eigenvalue weighted by atomic mass is 32.2. The van der Waals surface area contributed by atoms with Crippen molar-refractivity contribution >= 4 is 32.9 Å². The van der Waals surface area contributed by atoms with Crippen LogP contribution in [-0.4, -0.2) is 49.4 Å². The summed E-state index contributed by atoms with van der Waals surface area (Å²) in [7, 11) is -3.06. The Balaban J connectivity index is 1.76. The maximum absolute atomic E-state index is 12.4. The van der Waals surface area contributed by atoms with Gasteiger partial charge in [0.15, 0.2) is 15.6 Å². The first-order chi connectivity index (χ1) is 11.4. The van der Waals surface area contributed by atoms with Crippen LogP contribution in [0.25, 0.3) is 0 Å². The van der Waals surface area contributed by atoms with Crippen LogP contribution in [0.4, 0.5) is 5.69 Å². The topological polar surface area (TPSA) is 95.9 Å². The van der Waals surface area contributed by atoms with Crippen molar-refractivity contribution in [3.63, 3.8) is 0 Å². The fourth-order valence-electron chi connectivity index (χ4n) is 2.96. The Morgan fingerprint density at radius 1 is 1.25 bits per heavy atom. The molecule has 1 aromatic carbocycles. The van der Waals surface area contributed by atoms with E-state index in [1.165, 1.54) is 6.92 Å². The van der Waals surface area contributed by atoms with Crippen molar-refractivity contribution < 1.29 is 18.0 Å². The Morgan fingerprint density at radius 2 is 1.96 bits per heavy atom. The number of benzene rings is 1. The fourth-order valence-corrected chi connectivity index (χ4v) is 4.63. The zero-order chi connectivity index (χ0) is 17.3. The minimum Gasteiger partial charge on any atom is -0.347 e. The first-order valence-electron chi connectivity index (χ1n) is 7.79. The molecule has 8 heteroatoms. The maximum atomic E-state index is 12.4. The lowest BCUT2D eigenvalue weighted by Crippen LogP contribution is -2.40. The van der Waals surface area contributed by atoms with Crippen molar-refractivity contribution in [1.29, 1.82) is 0 Å². The molecule has 128 valence electrons. The summed E-state index contributed by atoms with van der Waals surface area (Å²) in [6, 6.07) is 8.29. The molecule has 0 radical (unpaired) electrons. The smallest absolute Gasteiger partial charge is 0.267 e. The normalized spacial score (nSPS) is 25.4. The number of Topliss-reactive ketones (excluding diaryl/α,β-unsaturated/α-hetero) is 1. The number of rotatable bonds is 4. The van der Waals surface area contributed by atoms with Gasteiger partial charge >= 0.3 is 0 Å². The van der Waals surface area contributed by atoms with E-state index in [1.807, 2.05) is 30.3 Å². The van der Waals surface area contributed by atoms with Gasteiger partial charge in [-0.25, -0.2) is 8.42 Å². The third kappa shape index (κ3) is 3.48. The van der Waals surface area contributed by atoms with E-state index >= 15 is 0 Å². The Bertz CT molecular complexity index is 789. The van der Waals surface area contributed by atoms with Crippen LogP contribution >= 0.6 is 0 Å². The van der Waals surface area contributed by atoms with Gasteiger partial charge in [-0.2, -0.15) is 5.10 Å². The average Bonchev–Trinajstić information content (AvgIpc) is 3.12. The summed E-state index contributed by atoms with van der Waals surface area (Å²) < 4.78 is 23.0. The van der Waals surface area contributed by atoms with Crippen LogP contribution < -0.4 is 10.3 Å². The van der Waals surface area contributed by atoms with Gasteiger partial charge in [-0.1, -0.05) is 18.2 Å². The number of hydrogen-bond donors (Lipinski definition) is 1. The molecule has 24 heavy (non-hydrogen) atoms. The number of anilines is 1. The monoisotopic (exact) mass is 349 g/mol. The van der Waals surface area contributed by atoms with Crippen molar-refractivity contribution in [2.24, 2.45) is 5.10 Å². The number of nitrogens with zero attached hydrogens (tertiary/aromatic N) is 2. The number of amides is 1. The lowest BCUT2D eigenvalue weighted by atomic mass is 10.1. The molecule has 2 heterocycles. The summed E-state index contributed by atoms with van der Waals surface area (Å²) in [4.78, 5) is 24.3. The number of carbonyl (C=O) groups is 2. The Morgan fingerprint density at radius 3 is 2.54 bits per heavy atom. The van der Waals surface area contributed by atoms with Crippen molar-refractivity contribution in [2.75, 3.05) is 16.5 Å². The van der Waals surface area contributed by atoms with Crippen LogP contribution in [0.5, 0.6) is 0 Å². The summed E-state index contributed by atoms with van der Waals surface area (Å²) in [5, 5.41) is 8.59. The van der Waals surface area contributed by atoms with Crippen LogP contribution in [0.2, 0.25) is 0 Å². The predicted octanol–water partition coefficient (Wildman–Crippen LogP) is 0.514. The van der Waals surface area contributed by atoms with E-state index in [0.717, 1.165) is 5.69 Å². The zero-order valence-electron chi connectivity index (χ0n) is 13.3. The highest BCUT2D eigenvalue weighted by Gasteiger charge is 2.36. The van der Waals surface area contributed by atoms with Crippen molar-refractivity contribution in [2.45, 2.75) is 31.8 Å². The minimum absolute atomic E-state index is 0.0371. The third-order valence-electron chi connectivity index (χ3n) is 4.23. The number of carbonyl (C=O) groups excluding carboxylic acids is 2. The standard InChI is InChI=1S/C16H19N3O4S/c1-11(20)15-9-14(18-19(15)13-5-3-2-4-6-13)16(21)17-12-7-8-24(22,23)10-12/h2-6,12,15H,7-10H2,1H3,(H,17,21)/t12-,15+/m0/s1. The first kappa shape index (κ1) is 16.6. The van der Waals surface area contributed by atoms with E-state index in [9.17, 15) is 18.0 Å². The summed E-state index contributed by atoms with van der Waals surface area (Å²) >= 11 is 0. The van der Waals surface area contributed by atoms with E-state index in [2.05, 4.69) is 10.4 Å². The predicted molar refractivity (Wildman–Crippen MR) is 90.6 cm³/mol. The van der Waals surface area contributed by atoms with Crippen LogP contribution in [-0.2, 0) is 19.4 Å². The molecule has 0 saturated carbocycles. The van der Waals surface area contributed by atoms with Crippen molar-refractivity contribution in [3.05, 3.63) is 30.3 Å². The fraction of sp³-hybridized carbons (Fsp3) is 0.438. The highest BCUT2D eigenvalue weighted by molar-refractivity contribution is 7.91. The van der Waals surface area contributed by atoms with E-state index < -0.39 is 21.8 Å². The average molecular weight is 349 g/mol. The number of sulfone groups is 1. The highest BCUT2D eigenvalue weighted by Crippen LogP contribution is 2.25. The lowest BCUT2D eigenvalue weighted by molar-refractivity contribution is -0.118. The van der Waals surface area contributed by atoms with E-state index in [4.69, 9.17) is 0 Å². The number of hydrogen-bond acceptors (Lipinski definition) is 6. The molecule has 0 aliphatic carbocycles. The van der Waals surface area contributed by atoms with Gasteiger partial charge in [0, 0.05) is 12.5 Å². The zero-order valence-corrected chi connectivity index (χ0v) is 14.1. The minimum atomic E-state index is -3.06. The number of hydrazone groups is 1.